The van der Waals surface area contributed by atoms with E-state index in [0.717, 1.165) is 11.1 Å². The van der Waals surface area contributed by atoms with E-state index in [1.807, 2.05) is 32.0 Å². The Kier molecular flexibility index (Phi) is 5.09. The molecule has 23 heavy (non-hydrogen) atoms. The van der Waals surface area contributed by atoms with Crippen molar-refractivity contribution in [1.82, 2.24) is 4.90 Å². The third-order valence-corrected chi connectivity index (χ3v) is 5.77. The van der Waals surface area contributed by atoms with Crippen molar-refractivity contribution in [3.63, 3.8) is 0 Å². The summed E-state index contributed by atoms with van der Waals surface area (Å²) in [5, 5.41) is 2.78. The van der Waals surface area contributed by atoms with Crippen molar-refractivity contribution in [3.05, 3.63) is 29.3 Å². The highest BCUT2D eigenvalue weighted by Crippen LogP contribution is 2.19. The molecule has 1 saturated heterocycles. The smallest absolute Gasteiger partial charge is 0.244 e. The molecule has 1 aromatic rings. The molecule has 126 valence electrons. The predicted molar refractivity (Wildman–Crippen MR) is 89.0 cm³/mol. The maximum Gasteiger partial charge on any atom is 0.244 e. The van der Waals surface area contributed by atoms with Gasteiger partial charge in [-0.1, -0.05) is 17.7 Å². The Morgan fingerprint density at radius 3 is 2.52 bits per heavy atom. The van der Waals surface area contributed by atoms with Crippen LogP contribution in [0.25, 0.3) is 0 Å². The van der Waals surface area contributed by atoms with Gasteiger partial charge in [-0.15, -0.1) is 0 Å². The van der Waals surface area contributed by atoms with Gasteiger partial charge >= 0.3 is 0 Å². The summed E-state index contributed by atoms with van der Waals surface area (Å²) < 4.78 is 23.2. The summed E-state index contributed by atoms with van der Waals surface area (Å²) in [6.45, 7) is 5.09. The van der Waals surface area contributed by atoms with Crippen molar-refractivity contribution < 1.29 is 18.0 Å². The largest absolute Gasteiger partial charge is 0.330 e. The number of rotatable bonds is 4. The van der Waals surface area contributed by atoms with Gasteiger partial charge in [-0.25, -0.2) is 8.42 Å². The highest BCUT2D eigenvalue weighted by Gasteiger charge is 2.34. The molecule has 0 aliphatic carbocycles. The number of nitrogens with zero attached hydrogens (tertiary/aromatic N) is 1. The highest BCUT2D eigenvalue weighted by atomic mass is 32.2. The van der Waals surface area contributed by atoms with Gasteiger partial charge in [-0.05, 0) is 31.9 Å². The van der Waals surface area contributed by atoms with Gasteiger partial charge in [0.1, 0.15) is 6.54 Å². The first kappa shape index (κ1) is 17.5. The molecule has 0 bridgehead atoms. The molecule has 0 aromatic heterocycles. The number of hydrogen-bond donors (Lipinski definition) is 1. The number of benzene rings is 1. The maximum atomic E-state index is 12.2. The average molecular weight is 338 g/mol. The van der Waals surface area contributed by atoms with Crippen LogP contribution in [0.2, 0.25) is 0 Å². The van der Waals surface area contributed by atoms with Gasteiger partial charge in [0.25, 0.3) is 0 Å². The summed E-state index contributed by atoms with van der Waals surface area (Å²) in [6, 6.07) is 5.26. The van der Waals surface area contributed by atoms with Crippen LogP contribution in [0, 0.1) is 13.8 Å². The van der Waals surface area contributed by atoms with Crippen LogP contribution >= 0.6 is 0 Å². The second kappa shape index (κ2) is 6.70. The maximum absolute atomic E-state index is 12.2. The minimum Gasteiger partial charge on any atom is -0.330 e. The zero-order valence-electron chi connectivity index (χ0n) is 13.6. The first-order valence-corrected chi connectivity index (χ1v) is 9.35. The topological polar surface area (TPSA) is 83.6 Å². The van der Waals surface area contributed by atoms with E-state index < -0.39 is 15.9 Å². The average Bonchev–Trinajstić information content (AvgIpc) is 2.79. The van der Waals surface area contributed by atoms with Gasteiger partial charge in [-0.2, -0.15) is 0 Å². The minimum atomic E-state index is -3.11. The van der Waals surface area contributed by atoms with Crippen LogP contribution in [-0.2, 0) is 19.4 Å². The Morgan fingerprint density at radius 1 is 1.30 bits per heavy atom. The number of sulfone groups is 1. The third-order valence-electron chi connectivity index (χ3n) is 4.02. The van der Waals surface area contributed by atoms with Gasteiger partial charge in [0, 0.05) is 18.7 Å². The molecule has 0 radical (unpaired) electrons. The number of anilines is 1. The van der Waals surface area contributed by atoms with Crippen molar-refractivity contribution in [2.75, 3.05) is 23.4 Å². The molecule has 1 heterocycles. The molecule has 1 fully saturated rings. The first-order chi connectivity index (χ1) is 10.7. The number of amides is 2. The lowest BCUT2D eigenvalue weighted by molar-refractivity contribution is -0.134. The van der Waals surface area contributed by atoms with Crippen LogP contribution in [0.1, 0.15) is 24.5 Å². The molecule has 1 atom stereocenters. The summed E-state index contributed by atoms with van der Waals surface area (Å²) in [4.78, 5) is 25.4. The van der Waals surface area contributed by atoms with Crippen LogP contribution in [0.4, 0.5) is 5.69 Å². The van der Waals surface area contributed by atoms with Crippen molar-refractivity contribution in [2.45, 2.75) is 33.2 Å². The molecule has 2 amide bonds. The Balaban J connectivity index is 2.05. The fraction of sp³-hybridized carbons (Fsp3) is 0.500. The monoisotopic (exact) mass is 338 g/mol. The lowest BCUT2D eigenvalue weighted by atomic mass is 10.1. The number of hydrogen-bond acceptors (Lipinski definition) is 4. The van der Waals surface area contributed by atoms with Gasteiger partial charge in [0.2, 0.25) is 11.8 Å². The molecule has 7 heteroatoms. The molecule has 6 nitrogen and oxygen atoms in total. The molecule has 1 unspecified atom stereocenters. The van der Waals surface area contributed by atoms with Crippen molar-refractivity contribution >= 4 is 27.3 Å². The van der Waals surface area contributed by atoms with E-state index in [9.17, 15) is 18.0 Å². The van der Waals surface area contributed by atoms with Crippen LogP contribution in [0.5, 0.6) is 0 Å². The lowest BCUT2D eigenvalue weighted by Crippen LogP contribution is -2.44. The summed E-state index contributed by atoms with van der Waals surface area (Å²) in [6.07, 6.45) is 0.388. The molecule has 0 saturated carbocycles. The van der Waals surface area contributed by atoms with Crippen molar-refractivity contribution in [3.8, 4) is 0 Å². The van der Waals surface area contributed by atoms with E-state index >= 15 is 0 Å². The molecule has 1 aliphatic heterocycles. The van der Waals surface area contributed by atoms with Crippen LogP contribution in [0.3, 0.4) is 0 Å². The summed E-state index contributed by atoms with van der Waals surface area (Å²) >= 11 is 0. The summed E-state index contributed by atoms with van der Waals surface area (Å²) in [5.41, 5.74) is 2.74. The molecule has 1 aromatic carbocycles. The zero-order chi connectivity index (χ0) is 17.2. The quantitative estimate of drug-likeness (QED) is 0.896. The second-order valence-corrected chi connectivity index (χ2v) is 8.30. The Morgan fingerprint density at radius 2 is 2.00 bits per heavy atom. The van der Waals surface area contributed by atoms with E-state index in [0.29, 0.717) is 12.1 Å². The number of carbonyl (C=O) groups excluding carboxylic acids is 2. The molecular weight excluding hydrogens is 316 g/mol. The predicted octanol–water partition coefficient (Wildman–Crippen LogP) is 1.28. The van der Waals surface area contributed by atoms with Crippen molar-refractivity contribution in [1.29, 1.82) is 0 Å². The van der Waals surface area contributed by atoms with Crippen molar-refractivity contribution in [2.24, 2.45) is 0 Å². The van der Waals surface area contributed by atoms with Gasteiger partial charge in [0.05, 0.1) is 11.5 Å². The Bertz CT molecular complexity index is 728. The Hall–Kier alpha value is -1.89. The van der Waals surface area contributed by atoms with E-state index in [-0.39, 0.29) is 29.9 Å². The van der Waals surface area contributed by atoms with Gasteiger partial charge in [0.15, 0.2) is 9.84 Å². The van der Waals surface area contributed by atoms with E-state index in [4.69, 9.17) is 0 Å². The highest BCUT2D eigenvalue weighted by molar-refractivity contribution is 7.91. The number of aryl methyl sites for hydroxylation is 2. The number of nitrogens with one attached hydrogen (secondary N) is 1. The molecule has 0 spiro atoms. The van der Waals surface area contributed by atoms with E-state index in [2.05, 4.69) is 5.32 Å². The SMILES string of the molecule is CC(=O)N(CC(=O)Nc1ccc(C)cc1C)C1CCS(=O)(=O)C1. The fourth-order valence-electron chi connectivity index (χ4n) is 2.82. The summed E-state index contributed by atoms with van der Waals surface area (Å²) in [5.74, 6) is -0.608. The molecular formula is C16H22N2O4S. The molecule has 2 rings (SSSR count). The number of carbonyl (C=O) groups is 2. The molecule has 1 aliphatic rings. The lowest BCUT2D eigenvalue weighted by Gasteiger charge is -2.26. The van der Waals surface area contributed by atoms with E-state index in [1.165, 1.54) is 11.8 Å². The Labute approximate surface area is 136 Å². The van der Waals surface area contributed by atoms with Crippen LogP contribution in [0.15, 0.2) is 18.2 Å². The van der Waals surface area contributed by atoms with Crippen LogP contribution in [-0.4, -0.2) is 49.2 Å². The minimum absolute atomic E-state index is 0.0661. The molecule has 1 N–H and O–H groups in total. The second-order valence-electron chi connectivity index (χ2n) is 6.07. The zero-order valence-corrected chi connectivity index (χ0v) is 14.4. The van der Waals surface area contributed by atoms with Gasteiger partial charge < -0.3 is 10.2 Å². The third kappa shape index (κ3) is 4.54. The summed E-state index contributed by atoms with van der Waals surface area (Å²) in [7, 11) is -3.11. The van der Waals surface area contributed by atoms with E-state index in [1.54, 1.807) is 0 Å². The normalized spacial score (nSPS) is 19.3. The fourth-order valence-corrected chi connectivity index (χ4v) is 4.55. The first-order valence-electron chi connectivity index (χ1n) is 7.53. The van der Waals surface area contributed by atoms with Crippen LogP contribution < -0.4 is 5.32 Å². The standard InChI is InChI=1S/C16H22N2O4S/c1-11-4-5-15(12(2)8-11)17-16(20)9-18(13(3)19)14-6-7-23(21,22)10-14/h4-5,8,14H,6-7,9-10H2,1-3H3,(H,17,20). The van der Waals surface area contributed by atoms with Gasteiger partial charge in [-0.3, -0.25) is 9.59 Å².